The number of carbonyl (C=O) groups is 1. The zero-order chi connectivity index (χ0) is 17.3. The van der Waals surface area contributed by atoms with Crippen molar-refractivity contribution in [3.05, 3.63) is 12.2 Å². The number of allylic oxidation sites excluding steroid dienone is 1. The lowest BCUT2D eigenvalue weighted by Crippen LogP contribution is -2.44. The van der Waals surface area contributed by atoms with Crippen molar-refractivity contribution in [2.75, 3.05) is 6.61 Å². The van der Waals surface area contributed by atoms with Gasteiger partial charge in [-0.2, -0.15) is 0 Å². The van der Waals surface area contributed by atoms with Crippen LogP contribution in [0.15, 0.2) is 12.2 Å². The first-order valence-electron chi connectivity index (χ1n) is 9.34. The smallest absolute Gasteiger partial charge is 0.217 e. The van der Waals surface area contributed by atoms with E-state index in [1.54, 1.807) is 6.08 Å². The van der Waals surface area contributed by atoms with Gasteiger partial charge in [-0.25, -0.2) is 0 Å². The Labute approximate surface area is 142 Å². The first-order valence-corrected chi connectivity index (χ1v) is 9.34. The molecule has 0 spiro atoms. The zero-order valence-corrected chi connectivity index (χ0v) is 15.1. The largest absolute Gasteiger partial charge is 0.394 e. The number of nitrogens with one attached hydrogen (secondary N) is 1. The third kappa shape index (κ3) is 14.5. The molecule has 4 heteroatoms. The van der Waals surface area contributed by atoms with Crippen molar-refractivity contribution < 1.29 is 15.0 Å². The highest BCUT2D eigenvalue weighted by Crippen LogP contribution is 2.11. The number of aliphatic hydroxyl groups is 2. The van der Waals surface area contributed by atoms with Crippen LogP contribution in [0.1, 0.15) is 84.5 Å². The molecule has 0 aromatic rings. The van der Waals surface area contributed by atoms with Gasteiger partial charge in [0.15, 0.2) is 0 Å². The molecule has 0 saturated heterocycles. The van der Waals surface area contributed by atoms with Crippen molar-refractivity contribution in [3.63, 3.8) is 0 Å². The highest BCUT2D eigenvalue weighted by Gasteiger charge is 2.15. The maximum Gasteiger partial charge on any atom is 0.217 e. The fourth-order valence-corrected chi connectivity index (χ4v) is 2.62. The summed E-state index contributed by atoms with van der Waals surface area (Å²) in [5, 5.41) is 21.5. The molecule has 0 aliphatic carbocycles. The molecule has 0 fully saturated rings. The van der Waals surface area contributed by atoms with Crippen LogP contribution in [0.25, 0.3) is 0 Å². The van der Waals surface area contributed by atoms with Crippen molar-refractivity contribution in [1.82, 2.24) is 5.32 Å². The van der Waals surface area contributed by atoms with Gasteiger partial charge >= 0.3 is 0 Å². The Morgan fingerprint density at radius 1 is 1.00 bits per heavy atom. The van der Waals surface area contributed by atoms with Gasteiger partial charge in [-0.3, -0.25) is 4.79 Å². The Morgan fingerprint density at radius 3 is 2.00 bits per heavy atom. The second-order valence-corrected chi connectivity index (χ2v) is 6.38. The summed E-state index contributed by atoms with van der Waals surface area (Å²) in [6.07, 6.45) is 16.9. The summed E-state index contributed by atoms with van der Waals surface area (Å²) in [6.45, 7) is 3.36. The second kappa shape index (κ2) is 16.0. The summed E-state index contributed by atoms with van der Waals surface area (Å²) in [4.78, 5) is 10.9. The molecule has 0 aromatic heterocycles. The third-order valence-electron chi connectivity index (χ3n) is 4.06. The molecule has 0 saturated carbocycles. The Kier molecular flexibility index (Phi) is 15.4. The van der Waals surface area contributed by atoms with Crippen LogP contribution in [0.5, 0.6) is 0 Å². The maximum atomic E-state index is 10.9. The van der Waals surface area contributed by atoms with Crippen LogP contribution in [-0.2, 0) is 4.79 Å². The molecule has 0 rings (SSSR count). The topological polar surface area (TPSA) is 69.6 Å². The van der Waals surface area contributed by atoms with E-state index in [9.17, 15) is 9.90 Å². The summed E-state index contributed by atoms with van der Waals surface area (Å²) >= 11 is 0. The average molecular weight is 328 g/mol. The quantitative estimate of drug-likeness (QED) is 0.317. The normalized spacial score (nSPS) is 14.1. The number of hydrogen-bond acceptors (Lipinski definition) is 3. The second-order valence-electron chi connectivity index (χ2n) is 6.38. The number of carbonyl (C=O) groups excluding carboxylic acids is 1. The van der Waals surface area contributed by atoms with E-state index in [1.807, 2.05) is 6.08 Å². The molecule has 0 aliphatic heterocycles. The predicted octanol–water partition coefficient (Wildman–Crippen LogP) is 3.71. The molecule has 1 amide bonds. The number of unbranched alkanes of at least 4 members (excludes halogenated alkanes) is 10. The van der Waals surface area contributed by atoms with E-state index in [-0.39, 0.29) is 12.5 Å². The Morgan fingerprint density at radius 2 is 1.52 bits per heavy atom. The SMILES string of the molecule is CCCCCCCCCCCC/C=C/C(O)C(CO)NC(C)=O. The fraction of sp³-hybridized carbons (Fsp3) is 0.842. The average Bonchev–Trinajstić information content (AvgIpc) is 2.53. The van der Waals surface area contributed by atoms with Gasteiger partial charge < -0.3 is 15.5 Å². The Hall–Kier alpha value is -0.870. The van der Waals surface area contributed by atoms with Crippen molar-refractivity contribution in [3.8, 4) is 0 Å². The molecule has 4 nitrogen and oxygen atoms in total. The summed E-state index contributed by atoms with van der Waals surface area (Å²) in [7, 11) is 0. The van der Waals surface area contributed by atoms with E-state index in [4.69, 9.17) is 5.11 Å². The van der Waals surface area contributed by atoms with Gasteiger partial charge in [0, 0.05) is 6.92 Å². The van der Waals surface area contributed by atoms with Gasteiger partial charge in [0.2, 0.25) is 5.91 Å². The molecule has 2 atom stereocenters. The summed E-state index contributed by atoms with van der Waals surface area (Å²) in [5.74, 6) is -0.244. The highest BCUT2D eigenvalue weighted by atomic mass is 16.3. The van der Waals surface area contributed by atoms with E-state index in [0.29, 0.717) is 0 Å². The monoisotopic (exact) mass is 327 g/mol. The zero-order valence-electron chi connectivity index (χ0n) is 15.1. The van der Waals surface area contributed by atoms with Crippen LogP contribution in [-0.4, -0.2) is 34.9 Å². The molecule has 3 N–H and O–H groups in total. The lowest BCUT2D eigenvalue weighted by atomic mass is 10.1. The van der Waals surface area contributed by atoms with Gasteiger partial charge in [-0.1, -0.05) is 76.9 Å². The Bertz CT molecular complexity index is 305. The molecule has 136 valence electrons. The number of rotatable bonds is 15. The molecular weight excluding hydrogens is 290 g/mol. The fourth-order valence-electron chi connectivity index (χ4n) is 2.62. The maximum absolute atomic E-state index is 10.9. The number of aliphatic hydroxyl groups excluding tert-OH is 2. The molecule has 0 heterocycles. The minimum atomic E-state index is -0.827. The first-order chi connectivity index (χ1) is 11.1. The number of hydrogen-bond donors (Lipinski definition) is 3. The minimum absolute atomic E-state index is 0.244. The lowest BCUT2D eigenvalue weighted by Gasteiger charge is -2.18. The highest BCUT2D eigenvalue weighted by molar-refractivity contribution is 5.73. The third-order valence-corrected chi connectivity index (χ3v) is 4.06. The van der Waals surface area contributed by atoms with Crippen LogP contribution in [0.3, 0.4) is 0 Å². The summed E-state index contributed by atoms with van der Waals surface area (Å²) in [6, 6.07) is -0.614. The lowest BCUT2D eigenvalue weighted by molar-refractivity contribution is -0.120. The summed E-state index contributed by atoms with van der Waals surface area (Å²) < 4.78 is 0. The van der Waals surface area contributed by atoms with Crippen molar-refractivity contribution in [1.29, 1.82) is 0 Å². The minimum Gasteiger partial charge on any atom is -0.394 e. The van der Waals surface area contributed by atoms with E-state index in [2.05, 4.69) is 12.2 Å². The molecule has 0 bridgehead atoms. The van der Waals surface area contributed by atoms with Crippen LogP contribution in [0.2, 0.25) is 0 Å². The predicted molar refractivity (Wildman–Crippen MR) is 96.3 cm³/mol. The van der Waals surface area contributed by atoms with Crippen LogP contribution >= 0.6 is 0 Å². The molecule has 23 heavy (non-hydrogen) atoms. The van der Waals surface area contributed by atoms with Gasteiger partial charge in [0.25, 0.3) is 0 Å². The van der Waals surface area contributed by atoms with Gasteiger partial charge in [-0.05, 0) is 12.8 Å². The van der Waals surface area contributed by atoms with E-state index >= 15 is 0 Å². The molecule has 2 unspecified atom stereocenters. The van der Waals surface area contributed by atoms with E-state index in [1.165, 1.54) is 64.7 Å². The van der Waals surface area contributed by atoms with Crippen LogP contribution in [0, 0.1) is 0 Å². The van der Waals surface area contributed by atoms with E-state index < -0.39 is 12.1 Å². The number of amides is 1. The van der Waals surface area contributed by atoms with Crippen LogP contribution < -0.4 is 5.32 Å². The van der Waals surface area contributed by atoms with Crippen molar-refractivity contribution >= 4 is 5.91 Å². The molecular formula is C19H37NO3. The molecule has 0 aliphatic rings. The van der Waals surface area contributed by atoms with Crippen molar-refractivity contribution in [2.24, 2.45) is 0 Å². The molecule has 0 radical (unpaired) electrons. The summed E-state index contributed by atoms with van der Waals surface area (Å²) in [5.41, 5.74) is 0. The van der Waals surface area contributed by atoms with Gasteiger partial charge in [0.05, 0.1) is 18.8 Å². The Balaban J connectivity index is 3.50. The van der Waals surface area contributed by atoms with Crippen LogP contribution in [0.4, 0.5) is 0 Å². The van der Waals surface area contributed by atoms with Gasteiger partial charge in [-0.15, -0.1) is 0 Å². The van der Waals surface area contributed by atoms with Crippen molar-refractivity contribution in [2.45, 2.75) is 96.6 Å². The first kappa shape index (κ1) is 22.1. The molecule has 0 aromatic carbocycles. The van der Waals surface area contributed by atoms with Gasteiger partial charge in [0.1, 0.15) is 0 Å². The standard InChI is InChI=1S/C19H37NO3/c1-3-4-5-6-7-8-9-10-11-12-13-14-15-19(23)18(16-21)20-17(2)22/h14-15,18-19,21,23H,3-13,16H2,1-2H3,(H,20,22)/b15-14+. The van der Waals surface area contributed by atoms with E-state index in [0.717, 1.165) is 12.8 Å².